The van der Waals surface area contributed by atoms with Crippen LogP contribution >= 0.6 is 35.2 Å². The predicted molar refractivity (Wildman–Crippen MR) is 84.4 cm³/mol. The Balaban J connectivity index is 2.00. The zero-order valence-corrected chi connectivity index (χ0v) is 13.2. The second-order valence-corrected chi connectivity index (χ2v) is 5.76. The zero-order valence-electron chi connectivity index (χ0n) is 10.8. The Morgan fingerprint density at radius 3 is 2.86 bits per heavy atom. The van der Waals surface area contributed by atoms with Gasteiger partial charge in [-0.3, -0.25) is 10.1 Å². The molecule has 0 saturated carbocycles. The van der Waals surface area contributed by atoms with Gasteiger partial charge in [-0.2, -0.15) is 0 Å². The SMILES string of the molecule is CCc1nnc(NC(=S)NC(=O)c2ccc(F)cc2Cl)s1. The number of aryl methyl sites for hydroxylation is 1. The molecule has 0 radical (unpaired) electrons. The Hall–Kier alpha value is -1.64. The summed E-state index contributed by atoms with van der Waals surface area (Å²) in [5.41, 5.74) is 0.133. The number of amides is 1. The van der Waals surface area contributed by atoms with Gasteiger partial charge in [-0.1, -0.05) is 29.9 Å². The maximum atomic E-state index is 12.9. The van der Waals surface area contributed by atoms with E-state index in [2.05, 4.69) is 20.8 Å². The molecule has 5 nitrogen and oxygen atoms in total. The van der Waals surface area contributed by atoms with E-state index in [1.807, 2.05) is 6.92 Å². The van der Waals surface area contributed by atoms with Crippen LogP contribution in [0.2, 0.25) is 5.02 Å². The van der Waals surface area contributed by atoms with E-state index in [0.717, 1.165) is 23.6 Å². The standard InChI is InChI=1S/C12H10ClFN4OS2/c1-2-9-17-18-12(21-9)16-11(20)15-10(19)7-4-3-6(14)5-8(7)13/h3-5H,2H2,1H3,(H2,15,16,18,19,20). The van der Waals surface area contributed by atoms with Crippen LogP contribution in [-0.2, 0) is 6.42 Å². The summed E-state index contributed by atoms with van der Waals surface area (Å²) in [5.74, 6) is -1.05. The van der Waals surface area contributed by atoms with Gasteiger partial charge in [0, 0.05) is 0 Å². The van der Waals surface area contributed by atoms with Gasteiger partial charge >= 0.3 is 0 Å². The van der Waals surface area contributed by atoms with Crippen molar-refractivity contribution in [3.05, 3.63) is 39.6 Å². The van der Waals surface area contributed by atoms with Gasteiger partial charge in [-0.15, -0.1) is 10.2 Å². The average Bonchev–Trinajstić information content (AvgIpc) is 2.85. The maximum absolute atomic E-state index is 12.9. The fourth-order valence-electron chi connectivity index (χ4n) is 1.42. The van der Waals surface area contributed by atoms with E-state index in [9.17, 15) is 9.18 Å². The van der Waals surface area contributed by atoms with Crippen LogP contribution < -0.4 is 10.6 Å². The fourth-order valence-corrected chi connectivity index (χ4v) is 2.61. The van der Waals surface area contributed by atoms with Gasteiger partial charge in [0.05, 0.1) is 10.6 Å². The predicted octanol–water partition coefficient (Wildman–Crippen LogP) is 3.02. The summed E-state index contributed by atoms with van der Waals surface area (Å²) in [5, 5.41) is 14.4. The molecule has 1 aromatic carbocycles. The molecule has 0 spiro atoms. The van der Waals surface area contributed by atoms with Gasteiger partial charge in [0.2, 0.25) is 5.13 Å². The lowest BCUT2D eigenvalue weighted by atomic mass is 10.2. The summed E-state index contributed by atoms with van der Waals surface area (Å²) >= 11 is 12.2. The summed E-state index contributed by atoms with van der Waals surface area (Å²) in [6.45, 7) is 1.96. The van der Waals surface area contributed by atoms with Gasteiger partial charge in [-0.25, -0.2) is 4.39 Å². The Morgan fingerprint density at radius 1 is 1.48 bits per heavy atom. The number of carbonyl (C=O) groups excluding carboxylic acids is 1. The molecule has 0 aliphatic heterocycles. The summed E-state index contributed by atoms with van der Waals surface area (Å²) in [6.07, 6.45) is 0.768. The van der Waals surface area contributed by atoms with Crippen molar-refractivity contribution >= 4 is 51.3 Å². The third kappa shape index (κ3) is 4.16. The largest absolute Gasteiger partial charge is 0.307 e. The van der Waals surface area contributed by atoms with E-state index in [1.54, 1.807) is 0 Å². The Kier molecular flexibility index (Phi) is 5.16. The molecule has 1 aromatic heterocycles. The number of hydrogen-bond donors (Lipinski definition) is 2. The minimum Gasteiger partial charge on any atom is -0.307 e. The first-order valence-electron chi connectivity index (χ1n) is 5.89. The number of carbonyl (C=O) groups is 1. The number of aromatic nitrogens is 2. The molecule has 0 unspecified atom stereocenters. The second kappa shape index (κ2) is 6.88. The van der Waals surface area contributed by atoms with Crippen LogP contribution in [0, 0.1) is 5.82 Å². The van der Waals surface area contributed by atoms with Gasteiger partial charge in [0.1, 0.15) is 10.8 Å². The molecule has 9 heteroatoms. The molecular weight excluding hydrogens is 335 g/mol. The molecule has 0 saturated heterocycles. The summed E-state index contributed by atoms with van der Waals surface area (Å²) in [6, 6.07) is 3.50. The van der Waals surface area contributed by atoms with Crippen molar-refractivity contribution in [2.45, 2.75) is 13.3 Å². The number of benzene rings is 1. The summed E-state index contributed by atoms with van der Waals surface area (Å²) in [4.78, 5) is 12.0. The highest BCUT2D eigenvalue weighted by Gasteiger charge is 2.13. The highest BCUT2D eigenvalue weighted by Crippen LogP contribution is 2.18. The number of hydrogen-bond acceptors (Lipinski definition) is 5. The lowest BCUT2D eigenvalue weighted by molar-refractivity contribution is 0.0978. The zero-order chi connectivity index (χ0) is 15.4. The first kappa shape index (κ1) is 15.7. The Morgan fingerprint density at radius 2 is 2.24 bits per heavy atom. The molecule has 2 N–H and O–H groups in total. The van der Waals surface area contributed by atoms with Crippen molar-refractivity contribution in [2.75, 3.05) is 5.32 Å². The minimum atomic E-state index is -0.530. The number of anilines is 1. The maximum Gasteiger partial charge on any atom is 0.258 e. The minimum absolute atomic E-state index is 0.0134. The van der Waals surface area contributed by atoms with Crippen LogP contribution in [0.25, 0.3) is 0 Å². The molecule has 0 atom stereocenters. The van der Waals surface area contributed by atoms with Gasteiger partial charge < -0.3 is 5.32 Å². The summed E-state index contributed by atoms with van der Waals surface area (Å²) in [7, 11) is 0. The van der Waals surface area contributed by atoms with Crippen LogP contribution in [0.3, 0.4) is 0 Å². The molecule has 0 bridgehead atoms. The van der Waals surface area contributed by atoms with Crippen LogP contribution in [0.4, 0.5) is 9.52 Å². The van der Waals surface area contributed by atoms with Crippen molar-refractivity contribution in [1.29, 1.82) is 0 Å². The van der Waals surface area contributed by atoms with Crippen molar-refractivity contribution in [3.8, 4) is 0 Å². The molecule has 2 rings (SSSR count). The monoisotopic (exact) mass is 344 g/mol. The highest BCUT2D eigenvalue weighted by atomic mass is 35.5. The van der Waals surface area contributed by atoms with Crippen LogP contribution in [-0.4, -0.2) is 21.2 Å². The lowest BCUT2D eigenvalue weighted by Crippen LogP contribution is -2.34. The molecule has 0 fully saturated rings. The summed E-state index contributed by atoms with van der Waals surface area (Å²) < 4.78 is 12.9. The van der Waals surface area contributed by atoms with Crippen molar-refractivity contribution in [1.82, 2.24) is 15.5 Å². The Labute approximate surface area is 134 Å². The van der Waals surface area contributed by atoms with E-state index in [0.29, 0.717) is 5.13 Å². The topological polar surface area (TPSA) is 66.9 Å². The average molecular weight is 345 g/mol. The van der Waals surface area contributed by atoms with E-state index >= 15 is 0 Å². The van der Waals surface area contributed by atoms with Crippen molar-refractivity contribution in [3.63, 3.8) is 0 Å². The fraction of sp³-hybridized carbons (Fsp3) is 0.167. The molecule has 21 heavy (non-hydrogen) atoms. The number of rotatable bonds is 3. The quantitative estimate of drug-likeness (QED) is 0.838. The number of halogens is 2. The molecule has 0 aliphatic rings. The smallest absolute Gasteiger partial charge is 0.258 e. The normalized spacial score (nSPS) is 10.2. The molecule has 1 heterocycles. The van der Waals surface area contributed by atoms with Gasteiger partial charge in [0.25, 0.3) is 5.91 Å². The molecule has 2 aromatic rings. The molecule has 0 aliphatic carbocycles. The van der Waals surface area contributed by atoms with E-state index < -0.39 is 11.7 Å². The lowest BCUT2D eigenvalue weighted by Gasteiger charge is -2.08. The van der Waals surface area contributed by atoms with Crippen molar-refractivity contribution in [2.24, 2.45) is 0 Å². The Bertz CT molecular complexity index is 692. The van der Waals surface area contributed by atoms with Crippen LogP contribution in [0.15, 0.2) is 18.2 Å². The first-order valence-corrected chi connectivity index (χ1v) is 7.49. The van der Waals surface area contributed by atoms with Gasteiger partial charge in [0.15, 0.2) is 5.11 Å². The molecule has 1 amide bonds. The van der Waals surface area contributed by atoms with E-state index in [4.69, 9.17) is 23.8 Å². The third-order valence-electron chi connectivity index (χ3n) is 2.39. The number of thiocarbonyl (C=S) groups is 1. The number of nitrogens with one attached hydrogen (secondary N) is 2. The highest BCUT2D eigenvalue weighted by molar-refractivity contribution is 7.80. The first-order chi connectivity index (χ1) is 9.99. The number of nitrogens with zero attached hydrogens (tertiary/aromatic N) is 2. The van der Waals surface area contributed by atoms with E-state index in [1.165, 1.54) is 17.4 Å². The second-order valence-electron chi connectivity index (χ2n) is 3.89. The molecule has 110 valence electrons. The van der Waals surface area contributed by atoms with Crippen molar-refractivity contribution < 1.29 is 9.18 Å². The van der Waals surface area contributed by atoms with Gasteiger partial charge in [-0.05, 0) is 36.8 Å². The van der Waals surface area contributed by atoms with Crippen LogP contribution in [0.5, 0.6) is 0 Å². The molecular formula is C12H10ClFN4OS2. The third-order valence-corrected chi connectivity index (χ3v) is 3.89. The van der Waals surface area contributed by atoms with Crippen LogP contribution in [0.1, 0.15) is 22.3 Å². The van der Waals surface area contributed by atoms with E-state index in [-0.39, 0.29) is 15.7 Å².